The first-order valence-corrected chi connectivity index (χ1v) is 6.49. The SMILES string of the molecule is CC(C)C(CCN)NC(=O)c1cccc(OC(F)F)c1. The number of nitrogens with one attached hydrogen (secondary N) is 1. The molecule has 6 heteroatoms. The molecule has 0 aromatic heterocycles. The highest BCUT2D eigenvalue weighted by Crippen LogP contribution is 2.16. The fourth-order valence-corrected chi connectivity index (χ4v) is 1.82. The number of amides is 1. The molecule has 0 heterocycles. The summed E-state index contributed by atoms with van der Waals surface area (Å²) in [6.45, 7) is 1.53. The molecule has 0 radical (unpaired) electrons. The number of rotatable bonds is 7. The lowest BCUT2D eigenvalue weighted by atomic mass is 10.0. The second kappa shape index (κ2) is 7.79. The van der Waals surface area contributed by atoms with E-state index in [4.69, 9.17) is 5.73 Å². The zero-order valence-electron chi connectivity index (χ0n) is 11.6. The van der Waals surface area contributed by atoms with Crippen LogP contribution in [0, 0.1) is 5.92 Å². The topological polar surface area (TPSA) is 64.3 Å². The molecular formula is C14H20F2N2O2. The third-order valence-corrected chi connectivity index (χ3v) is 2.92. The summed E-state index contributed by atoms with van der Waals surface area (Å²) in [5.74, 6) is -0.118. The van der Waals surface area contributed by atoms with Gasteiger partial charge in [-0.1, -0.05) is 19.9 Å². The third kappa shape index (κ3) is 5.13. The van der Waals surface area contributed by atoms with Gasteiger partial charge < -0.3 is 15.8 Å². The average molecular weight is 286 g/mol. The molecule has 0 spiro atoms. The van der Waals surface area contributed by atoms with Gasteiger partial charge in [0.05, 0.1) is 0 Å². The normalized spacial score (nSPS) is 12.6. The summed E-state index contributed by atoms with van der Waals surface area (Å²) < 4.78 is 28.5. The molecule has 0 aliphatic carbocycles. The van der Waals surface area contributed by atoms with Crippen molar-refractivity contribution in [2.75, 3.05) is 6.54 Å². The fraction of sp³-hybridized carbons (Fsp3) is 0.500. The standard InChI is InChI=1S/C14H20F2N2O2/c1-9(2)12(6-7-17)18-13(19)10-4-3-5-11(8-10)20-14(15)16/h3-5,8-9,12,14H,6-7,17H2,1-2H3,(H,18,19). The van der Waals surface area contributed by atoms with E-state index in [0.717, 1.165) is 0 Å². The molecule has 4 nitrogen and oxygen atoms in total. The van der Waals surface area contributed by atoms with Crippen molar-refractivity contribution < 1.29 is 18.3 Å². The predicted octanol–water partition coefficient (Wildman–Crippen LogP) is 2.39. The number of hydrogen-bond acceptors (Lipinski definition) is 3. The summed E-state index contributed by atoms with van der Waals surface area (Å²) in [4.78, 5) is 12.1. The minimum Gasteiger partial charge on any atom is -0.435 e. The zero-order chi connectivity index (χ0) is 15.1. The van der Waals surface area contributed by atoms with Gasteiger partial charge in [-0.05, 0) is 37.1 Å². The maximum Gasteiger partial charge on any atom is 0.387 e. The Morgan fingerprint density at radius 1 is 1.40 bits per heavy atom. The van der Waals surface area contributed by atoms with E-state index in [1.54, 1.807) is 6.07 Å². The van der Waals surface area contributed by atoms with Crippen molar-refractivity contribution in [3.05, 3.63) is 29.8 Å². The van der Waals surface area contributed by atoms with Gasteiger partial charge in [0.2, 0.25) is 0 Å². The van der Waals surface area contributed by atoms with E-state index in [1.807, 2.05) is 13.8 Å². The van der Waals surface area contributed by atoms with Crippen LogP contribution in [0.25, 0.3) is 0 Å². The van der Waals surface area contributed by atoms with E-state index in [2.05, 4.69) is 10.1 Å². The van der Waals surface area contributed by atoms with Crippen LogP contribution in [0.5, 0.6) is 5.75 Å². The first-order valence-electron chi connectivity index (χ1n) is 6.49. The molecule has 3 N–H and O–H groups in total. The van der Waals surface area contributed by atoms with Crippen molar-refractivity contribution in [2.45, 2.75) is 32.9 Å². The number of benzene rings is 1. The molecule has 20 heavy (non-hydrogen) atoms. The Bertz CT molecular complexity index is 439. The fourth-order valence-electron chi connectivity index (χ4n) is 1.82. The van der Waals surface area contributed by atoms with Gasteiger partial charge in [-0.2, -0.15) is 8.78 Å². The molecule has 1 unspecified atom stereocenters. The molecule has 1 amide bonds. The van der Waals surface area contributed by atoms with Gasteiger partial charge in [-0.25, -0.2) is 0 Å². The molecule has 0 aliphatic heterocycles. The second-order valence-electron chi connectivity index (χ2n) is 4.81. The number of nitrogens with two attached hydrogens (primary N) is 1. The summed E-state index contributed by atoms with van der Waals surface area (Å²) in [6, 6.07) is 5.67. The molecular weight excluding hydrogens is 266 g/mol. The van der Waals surface area contributed by atoms with Crippen molar-refractivity contribution >= 4 is 5.91 Å². The predicted molar refractivity (Wildman–Crippen MR) is 72.8 cm³/mol. The van der Waals surface area contributed by atoms with Crippen LogP contribution in [-0.2, 0) is 0 Å². The van der Waals surface area contributed by atoms with Crippen LogP contribution in [-0.4, -0.2) is 25.1 Å². The van der Waals surface area contributed by atoms with Crippen LogP contribution in [0.3, 0.4) is 0 Å². The van der Waals surface area contributed by atoms with E-state index < -0.39 is 6.61 Å². The number of carbonyl (C=O) groups is 1. The Morgan fingerprint density at radius 2 is 2.10 bits per heavy atom. The molecule has 0 saturated heterocycles. The molecule has 112 valence electrons. The summed E-state index contributed by atoms with van der Waals surface area (Å²) in [5.41, 5.74) is 5.79. The van der Waals surface area contributed by atoms with E-state index >= 15 is 0 Å². The Morgan fingerprint density at radius 3 is 2.65 bits per heavy atom. The van der Waals surface area contributed by atoms with Crippen molar-refractivity contribution in [1.29, 1.82) is 0 Å². The highest BCUT2D eigenvalue weighted by molar-refractivity contribution is 5.94. The number of alkyl halides is 2. The van der Waals surface area contributed by atoms with Gasteiger partial charge in [0.1, 0.15) is 5.75 Å². The highest BCUT2D eigenvalue weighted by Gasteiger charge is 2.17. The molecule has 0 fully saturated rings. The van der Waals surface area contributed by atoms with Crippen LogP contribution in [0.1, 0.15) is 30.6 Å². The van der Waals surface area contributed by atoms with Crippen LogP contribution >= 0.6 is 0 Å². The second-order valence-corrected chi connectivity index (χ2v) is 4.81. The zero-order valence-corrected chi connectivity index (χ0v) is 11.6. The van der Waals surface area contributed by atoms with Gasteiger partial charge in [0.25, 0.3) is 5.91 Å². The van der Waals surface area contributed by atoms with Gasteiger partial charge >= 0.3 is 6.61 Å². The average Bonchev–Trinajstić information content (AvgIpc) is 2.37. The van der Waals surface area contributed by atoms with Crippen LogP contribution in [0.15, 0.2) is 24.3 Å². The lowest BCUT2D eigenvalue weighted by molar-refractivity contribution is -0.0498. The maximum atomic E-state index is 12.1. The summed E-state index contributed by atoms with van der Waals surface area (Å²) in [7, 11) is 0. The lowest BCUT2D eigenvalue weighted by Gasteiger charge is -2.21. The lowest BCUT2D eigenvalue weighted by Crippen LogP contribution is -2.39. The van der Waals surface area contributed by atoms with Gasteiger partial charge in [-0.3, -0.25) is 4.79 Å². The molecule has 0 aliphatic rings. The minimum atomic E-state index is -2.91. The van der Waals surface area contributed by atoms with Gasteiger partial charge in [0.15, 0.2) is 0 Å². The highest BCUT2D eigenvalue weighted by atomic mass is 19.3. The van der Waals surface area contributed by atoms with E-state index in [1.165, 1.54) is 18.2 Å². The quantitative estimate of drug-likeness (QED) is 0.809. The van der Waals surface area contributed by atoms with Crippen molar-refractivity contribution in [1.82, 2.24) is 5.32 Å². The number of hydrogen-bond donors (Lipinski definition) is 2. The van der Waals surface area contributed by atoms with Crippen molar-refractivity contribution in [3.63, 3.8) is 0 Å². The molecule has 1 aromatic carbocycles. The van der Waals surface area contributed by atoms with Crippen molar-refractivity contribution in [2.24, 2.45) is 11.7 Å². The van der Waals surface area contributed by atoms with Crippen molar-refractivity contribution in [3.8, 4) is 5.75 Å². The monoisotopic (exact) mass is 286 g/mol. The van der Waals surface area contributed by atoms with E-state index in [9.17, 15) is 13.6 Å². The Hall–Kier alpha value is -1.69. The maximum absolute atomic E-state index is 12.1. The summed E-state index contributed by atoms with van der Waals surface area (Å²) in [6.07, 6.45) is 0.663. The first-order chi connectivity index (χ1) is 9.43. The Labute approximate surface area is 117 Å². The molecule has 1 rings (SSSR count). The number of carbonyl (C=O) groups excluding carboxylic acids is 1. The van der Waals surface area contributed by atoms with Gasteiger partial charge in [-0.15, -0.1) is 0 Å². The molecule has 0 bridgehead atoms. The minimum absolute atomic E-state index is 0.0347. The third-order valence-electron chi connectivity index (χ3n) is 2.92. The number of ether oxygens (including phenoxy) is 1. The molecule has 1 aromatic rings. The van der Waals surface area contributed by atoms with E-state index in [-0.39, 0.29) is 29.2 Å². The molecule has 1 atom stereocenters. The van der Waals surface area contributed by atoms with Gasteiger partial charge in [0, 0.05) is 11.6 Å². The van der Waals surface area contributed by atoms with E-state index in [0.29, 0.717) is 13.0 Å². The Kier molecular flexibility index (Phi) is 6.38. The summed E-state index contributed by atoms with van der Waals surface area (Å²) >= 11 is 0. The van der Waals surface area contributed by atoms with Crippen LogP contribution < -0.4 is 15.8 Å². The largest absolute Gasteiger partial charge is 0.435 e. The Balaban J connectivity index is 2.75. The smallest absolute Gasteiger partial charge is 0.387 e. The van der Waals surface area contributed by atoms with Crippen LogP contribution in [0.2, 0.25) is 0 Å². The van der Waals surface area contributed by atoms with Crippen LogP contribution in [0.4, 0.5) is 8.78 Å². The molecule has 0 saturated carbocycles. The first kappa shape index (κ1) is 16.4. The summed E-state index contributed by atoms with van der Waals surface area (Å²) in [5, 5.41) is 2.85. The number of halogens is 2.